The van der Waals surface area contributed by atoms with Gasteiger partial charge in [0, 0.05) is 16.6 Å². The largest absolute Gasteiger partial charge is 0.469 e. The van der Waals surface area contributed by atoms with E-state index >= 15 is 0 Å². The first-order chi connectivity index (χ1) is 14.7. The molecule has 0 radical (unpaired) electrons. The summed E-state index contributed by atoms with van der Waals surface area (Å²) in [6, 6.07) is 12.4. The van der Waals surface area contributed by atoms with E-state index in [4.69, 9.17) is 0 Å². The second-order valence-electron chi connectivity index (χ2n) is 6.67. The van der Waals surface area contributed by atoms with E-state index < -0.39 is 22.0 Å². The van der Waals surface area contributed by atoms with Gasteiger partial charge in [-0.3, -0.25) is 9.59 Å². The molecule has 0 heterocycles. The third kappa shape index (κ3) is 8.29. The number of rotatable bonds is 11. The van der Waals surface area contributed by atoms with Gasteiger partial charge < -0.3 is 10.1 Å². The van der Waals surface area contributed by atoms with Crippen LogP contribution in [0, 0.1) is 0 Å². The predicted octanol–water partition coefficient (Wildman–Crippen LogP) is 3.59. The topological polar surface area (TPSA) is 102 Å². The van der Waals surface area contributed by atoms with Crippen molar-refractivity contribution in [3.05, 3.63) is 58.6 Å². The molecule has 10 heteroatoms. The molecule has 0 saturated carbocycles. The summed E-state index contributed by atoms with van der Waals surface area (Å²) in [5, 5.41) is 2.76. The summed E-state index contributed by atoms with van der Waals surface area (Å²) in [5.41, 5.74) is 1.47. The van der Waals surface area contributed by atoms with Crippen LogP contribution in [0.5, 0.6) is 0 Å². The smallest absolute Gasteiger partial charge is 0.305 e. The molecule has 1 unspecified atom stereocenters. The molecule has 7 nitrogen and oxygen atoms in total. The van der Waals surface area contributed by atoms with Crippen molar-refractivity contribution in [3.63, 3.8) is 0 Å². The summed E-state index contributed by atoms with van der Waals surface area (Å²) in [5.74, 6) is -0.0999. The zero-order valence-electron chi connectivity index (χ0n) is 17.3. The molecule has 2 N–H and O–H groups in total. The monoisotopic (exact) mass is 528 g/mol. The Bertz CT molecular complexity index is 980. The molecule has 2 rings (SSSR count). The normalized spacial score (nSPS) is 12.2. The van der Waals surface area contributed by atoms with Gasteiger partial charge in [-0.1, -0.05) is 28.1 Å². The van der Waals surface area contributed by atoms with Crippen LogP contribution in [0.4, 0.5) is 5.69 Å². The zero-order valence-corrected chi connectivity index (χ0v) is 20.5. The molecular formula is C21H25BrN2O5S2. The van der Waals surface area contributed by atoms with Crippen molar-refractivity contribution < 1.29 is 22.7 Å². The number of sulfonamides is 1. The number of hydrogen-bond acceptors (Lipinski definition) is 6. The molecule has 2 aromatic carbocycles. The maximum absolute atomic E-state index is 12.8. The van der Waals surface area contributed by atoms with E-state index in [-0.39, 0.29) is 17.3 Å². The summed E-state index contributed by atoms with van der Waals surface area (Å²) in [6.45, 7) is 0. The molecule has 31 heavy (non-hydrogen) atoms. The van der Waals surface area contributed by atoms with Crippen molar-refractivity contribution in [2.24, 2.45) is 0 Å². The highest BCUT2D eigenvalue weighted by molar-refractivity contribution is 9.10. The minimum absolute atomic E-state index is 0.0904. The van der Waals surface area contributed by atoms with Crippen molar-refractivity contribution in [1.29, 1.82) is 0 Å². The van der Waals surface area contributed by atoms with Crippen LogP contribution < -0.4 is 10.0 Å². The van der Waals surface area contributed by atoms with Crippen LogP contribution in [0.3, 0.4) is 0 Å². The molecule has 0 aliphatic carbocycles. The fraction of sp³-hybridized carbons (Fsp3) is 0.333. The molecule has 168 valence electrons. The van der Waals surface area contributed by atoms with E-state index in [1.165, 1.54) is 31.0 Å². The summed E-state index contributed by atoms with van der Waals surface area (Å²) >= 11 is 4.81. The second-order valence-corrected chi connectivity index (χ2v) is 10.3. The minimum Gasteiger partial charge on any atom is -0.469 e. The number of methoxy groups -OCH3 is 1. The number of benzene rings is 2. The zero-order chi connectivity index (χ0) is 22.9. The van der Waals surface area contributed by atoms with Gasteiger partial charge >= 0.3 is 5.97 Å². The van der Waals surface area contributed by atoms with Crippen molar-refractivity contribution in [3.8, 4) is 0 Å². The van der Waals surface area contributed by atoms with Crippen molar-refractivity contribution in [2.45, 2.75) is 30.2 Å². The van der Waals surface area contributed by atoms with Crippen LogP contribution in [-0.2, 0) is 30.8 Å². The maximum atomic E-state index is 12.8. The third-order valence-electron chi connectivity index (χ3n) is 4.42. The van der Waals surface area contributed by atoms with Crippen molar-refractivity contribution in [1.82, 2.24) is 4.72 Å². The van der Waals surface area contributed by atoms with Crippen LogP contribution >= 0.6 is 27.7 Å². The number of ether oxygens (including phenoxy) is 1. The first-order valence-electron chi connectivity index (χ1n) is 9.48. The van der Waals surface area contributed by atoms with Crippen LogP contribution in [0.25, 0.3) is 0 Å². The van der Waals surface area contributed by atoms with Gasteiger partial charge in [-0.05, 0) is 66.8 Å². The number of anilines is 1. The number of aryl methyl sites for hydroxylation is 1. The maximum Gasteiger partial charge on any atom is 0.305 e. The number of carbonyl (C=O) groups excluding carboxylic acids is 2. The SMILES string of the molecule is COC(=O)CCc1ccc(NC(=O)C(CCSC)NS(=O)(=O)c2ccc(Br)cc2)cc1. The van der Waals surface area contributed by atoms with E-state index in [1.54, 1.807) is 36.4 Å². The average molecular weight is 529 g/mol. The highest BCUT2D eigenvalue weighted by Gasteiger charge is 2.25. The number of carbonyl (C=O) groups is 2. The molecule has 1 amide bonds. The van der Waals surface area contributed by atoms with Crippen molar-refractivity contribution in [2.75, 3.05) is 24.4 Å². The lowest BCUT2D eigenvalue weighted by molar-refractivity contribution is -0.140. The Morgan fingerprint density at radius 1 is 1.10 bits per heavy atom. The van der Waals surface area contributed by atoms with Gasteiger partial charge in [0.15, 0.2) is 0 Å². The number of halogens is 1. The Morgan fingerprint density at radius 3 is 2.32 bits per heavy atom. The Morgan fingerprint density at radius 2 is 1.74 bits per heavy atom. The highest BCUT2D eigenvalue weighted by atomic mass is 79.9. The Balaban J connectivity index is 2.07. The number of amides is 1. The lowest BCUT2D eigenvalue weighted by atomic mass is 10.1. The molecule has 1 atom stereocenters. The van der Waals surface area contributed by atoms with E-state index in [9.17, 15) is 18.0 Å². The fourth-order valence-electron chi connectivity index (χ4n) is 2.68. The van der Waals surface area contributed by atoms with Gasteiger partial charge in [-0.25, -0.2) is 8.42 Å². The molecule has 2 aromatic rings. The molecule has 0 bridgehead atoms. The first-order valence-corrected chi connectivity index (χ1v) is 13.2. The van der Waals surface area contributed by atoms with Gasteiger partial charge in [-0.15, -0.1) is 0 Å². The Kier molecular flexibility index (Phi) is 10.0. The average Bonchev–Trinajstić information content (AvgIpc) is 2.76. The minimum atomic E-state index is -3.85. The number of nitrogens with one attached hydrogen (secondary N) is 2. The van der Waals surface area contributed by atoms with Gasteiger partial charge in [-0.2, -0.15) is 16.5 Å². The fourth-order valence-corrected chi connectivity index (χ4v) is 4.65. The lowest BCUT2D eigenvalue weighted by Crippen LogP contribution is -2.44. The first kappa shape index (κ1) is 25.4. The summed E-state index contributed by atoms with van der Waals surface area (Å²) in [7, 11) is -2.51. The van der Waals surface area contributed by atoms with Gasteiger partial charge in [0.2, 0.25) is 15.9 Å². The van der Waals surface area contributed by atoms with Crippen LogP contribution in [0.15, 0.2) is 57.9 Å². The Hall–Kier alpha value is -1.88. The summed E-state index contributed by atoms with van der Waals surface area (Å²) in [4.78, 5) is 24.1. The molecule has 0 aromatic heterocycles. The number of esters is 1. The van der Waals surface area contributed by atoms with Gasteiger partial charge in [0.25, 0.3) is 0 Å². The van der Waals surface area contributed by atoms with Crippen LogP contribution in [0.2, 0.25) is 0 Å². The summed E-state index contributed by atoms with van der Waals surface area (Å²) < 4.78 is 33.3. The highest BCUT2D eigenvalue weighted by Crippen LogP contribution is 2.17. The van der Waals surface area contributed by atoms with E-state index in [2.05, 4.69) is 30.7 Å². The molecule has 0 aliphatic rings. The second kappa shape index (κ2) is 12.2. The standard InChI is InChI=1S/C21H25BrN2O5S2/c1-29-20(25)12-5-15-3-8-17(9-4-15)23-21(26)19(13-14-30-2)24-31(27,28)18-10-6-16(22)7-11-18/h3-4,6-11,19,24H,5,12-14H2,1-2H3,(H,23,26). The number of thioether (sulfide) groups is 1. The lowest BCUT2D eigenvalue weighted by Gasteiger charge is -2.18. The molecule has 0 saturated heterocycles. The van der Waals surface area contributed by atoms with Crippen LogP contribution in [-0.4, -0.2) is 45.5 Å². The third-order valence-corrected chi connectivity index (χ3v) is 7.08. The predicted molar refractivity (Wildman–Crippen MR) is 127 cm³/mol. The van der Waals surface area contributed by atoms with Crippen molar-refractivity contribution >= 4 is 55.3 Å². The van der Waals surface area contributed by atoms with E-state index in [1.807, 2.05) is 6.26 Å². The van der Waals surface area contributed by atoms with E-state index in [0.29, 0.717) is 24.3 Å². The van der Waals surface area contributed by atoms with Gasteiger partial charge in [0.05, 0.1) is 12.0 Å². The van der Waals surface area contributed by atoms with Crippen LogP contribution in [0.1, 0.15) is 18.4 Å². The molecule has 0 spiro atoms. The number of hydrogen-bond donors (Lipinski definition) is 2. The molecule has 0 fully saturated rings. The van der Waals surface area contributed by atoms with Gasteiger partial charge in [0.1, 0.15) is 6.04 Å². The van der Waals surface area contributed by atoms with E-state index in [0.717, 1.165) is 10.0 Å². The molecular weight excluding hydrogens is 504 g/mol. The summed E-state index contributed by atoms with van der Waals surface area (Å²) in [6.07, 6.45) is 3.05. The quantitative estimate of drug-likeness (QED) is 0.432. The Labute approximate surface area is 195 Å². The molecule has 0 aliphatic heterocycles.